The quantitative estimate of drug-likeness (QED) is 0.692. The number of carbonyl (C=O) groups is 1. The summed E-state index contributed by atoms with van der Waals surface area (Å²) in [5.74, 6) is -0.272. The lowest BCUT2D eigenvalue weighted by molar-refractivity contribution is -0.115. The van der Waals surface area contributed by atoms with Gasteiger partial charge in [0.05, 0.1) is 0 Å². The van der Waals surface area contributed by atoms with Gasteiger partial charge in [-0.05, 0) is 25.2 Å². The molecule has 2 heteroatoms. The van der Waals surface area contributed by atoms with Crippen LogP contribution in [0.4, 0.5) is 0 Å². The molecule has 0 unspecified atom stereocenters. The van der Waals surface area contributed by atoms with E-state index < -0.39 is 0 Å². The van der Waals surface area contributed by atoms with Crippen LogP contribution in [0.25, 0.3) is 0 Å². The molecule has 0 saturated heterocycles. The summed E-state index contributed by atoms with van der Waals surface area (Å²) in [5.41, 5.74) is 7.21. The summed E-state index contributed by atoms with van der Waals surface area (Å²) in [5, 5.41) is 0. The number of primary amides is 1. The number of allylic oxidation sites excluding steroid dienone is 1. The molecule has 0 aliphatic rings. The topological polar surface area (TPSA) is 43.1 Å². The molecule has 0 fully saturated rings. The van der Waals surface area contributed by atoms with Crippen LogP contribution in [0, 0.1) is 5.41 Å². The van der Waals surface area contributed by atoms with E-state index >= 15 is 0 Å². The summed E-state index contributed by atoms with van der Waals surface area (Å²) in [4.78, 5) is 11.3. The highest BCUT2D eigenvalue weighted by Crippen LogP contribution is 2.29. The molecule has 0 atom stereocenters. The van der Waals surface area contributed by atoms with Gasteiger partial charge >= 0.3 is 0 Å². The van der Waals surface area contributed by atoms with Crippen molar-refractivity contribution in [1.82, 2.24) is 0 Å². The van der Waals surface area contributed by atoms with E-state index in [0.717, 1.165) is 30.4 Å². The van der Waals surface area contributed by atoms with Gasteiger partial charge in [0.25, 0.3) is 0 Å². The van der Waals surface area contributed by atoms with Gasteiger partial charge in [-0.25, -0.2) is 0 Å². The highest BCUT2D eigenvalue weighted by Gasteiger charge is 2.23. The fourth-order valence-electron chi connectivity index (χ4n) is 1.79. The Morgan fingerprint density at radius 2 is 1.79 bits per heavy atom. The number of unbranched alkanes of at least 4 members (excludes halogenated alkanes) is 1. The van der Waals surface area contributed by atoms with Crippen LogP contribution in [0.1, 0.15) is 53.9 Å². The second-order valence-corrected chi connectivity index (χ2v) is 4.87. The predicted octanol–water partition coefficient (Wildman–Crippen LogP) is 3.02. The minimum Gasteiger partial charge on any atom is -0.366 e. The van der Waals surface area contributed by atoms with Crippen molar-refractivity contribution in [3.05, 3.63) is 11.1 Å². The molecule has 0 spiro atoms. The average molecular weight is 197 g/mol. The highest BCUT2D eigenvalue weighted by atomic mass is 16.1. The molecule has 0 bridgehead atoms. The van der Waals surface area contributed by atoms with E-state index in [2.05, 4.69) is 6.92 Å². The molecule has 0 aromatic rings. The number of amides is 1. The van der Waals surface area contributed by atoms with Crippen LogP contribution in [-0.2, 0) is 4.79 Å². The molecule has 0 aliphatic heterocycles. The molecule has 0 aromatic carbocycles. The average Bonchev–Trinajstić information content (AvgIpc) is 1.97. The first-order valence-electron chi connectivity index (χ1n) is 5.30. The van der Waals surface area contributed by atoms with Crippen molar-refractivity contribution in [1.29, 1.82) is 0 Å². The Morgan fingerprint density at radius 1 is 1.29 bits per heavy atom. The van der Waals surface area contributed by atoms with Gasteiger partial charge in [0, 0.05) is 5.57 Å². The summed E-state index contributed by atoms with van der Waals surface area (Å²) >= 11 is 0. The zero-order chi connectivity index (χ0) is 11.4. The molecule has 1 amide bonds. The Morgan fingerprint density at radius 3 is 2.07 bits per heavy atom. The molecule has 0 heterocycles. The van der Waals surface area contributed by atoms with Crippen LogP contribution >= 0.6 is 0 Å². The van der Waals surface area contributed by atoms with Gasteiger partial charge in [-0.15, -0.1) is 0 Å². The second kappa shape index (κ2) is 5.18. The SMILES string of the molecule is CCCC/C(C)=C(\C(N)=O)C(C)(C)C. The maximum Gasteiger partial charge on any atom is 0.245 e. The van der Waals surface area contributed by atoms with Crippen molar-refractivity contribution in [2.45, 2.75) is 53.9 Å². The Labute approximate surface area is 87.6 Å². The third-order valence-corrected chi connectivity index (χ3v) is 2.33. The largest absolute Gasteiger partial charge is 0.366 e. The number of nitrogens with two attached hydrogens (primary N) is 1. The Bertz CT molecular complexity index is 233. The van der Waals surface area contributed by atoms with Crippen LogP contribution in [0.3, 0.4) is 0 Å². The molecule has 82 valence electrons. The third-order valence-electron chi connectivity index (χ3n) is 2.33. The fraction of sp³-hybridized carbons (Fsp3) is 0.750. The standard InChI is InChI=1S/C12H23NO/c1-6-7-8-9(2)10(11(13)14)12(3,4)5/h6-8H2,1-5H3,(H2,13,14)/b10-9+. The summed E-state index contributed by atoms with van der Waals surface area (Å²) in [6, 6.07) is 0. The second-order valence-electron chi connectivity index (χ2n) is 4.87. The van der Waals surface area contributed by atoms with Crippen molar-refractivity contribution in [2.75, 3.05) is 0 Å². The maximum atomic E-state index is 11.3. The van der Waals surface area contributed by atoms with Crippen LogP contribution < -0.4 is 5.73 Å². The first-order valence-corrected chi connectivity index (χ1v) is 5.30. The van der Waals surface area contributed by atoms with E-state index in [1.54, 1.807) is 0 Å². The Hall–Kier alpha value is -0.790. The molecule has 14 heavy (non-hydrogen) atoms. The summed E-state index contributed by atoms with van der Waals surface area (Å²) < 4.78 is 0. The minimum atomic E-state index is -0.272. The van der Waals surface area contributed by atoms with Gasteiger partial charge in [0.2, 0.25) is 5.91 Å². The summed E-state index contributed by atoms with van der Waals surface area (Å²) in [6.07, 6.45) is 3.25. The molecule has 0 rings (SSSR count). The van der Waals surface area contributed by atoms with Crippen LogP contribution in [0.5, 0.6) is 0 Å². The van der Waals surface area contributed by atoms with Crippen LogP contribution in [-0.4, -0.2) is 5.91 Å². The highest BCUT2D eigenvalue weighted by molar-refractivity contribution is 5.93. The van der Waals surface area contributed by atoms with Gasteiger partial charge in [-0.2, -0.15) is 0 Å². The van der Waals surface area contributed by atoms with E-state index in [4.69, 9.17) is 5.73 Å². The molecular weight excluding hydrogens is 174 g/mol. The first-order chi connectivity index (χ1) is 6.30. The van der Waals surface area contributed by atoms with Crippen molar-refractivity contribution in [3.63, 3.8) is 0 Å². The number of carbonyl (C=O) groups excluding carboxylic acids is 1. The lowest BCUT2D eigenvalue weighted by Gasteiger charge is -2.23. The normalized spacial score (nSPS) is 13.8. The number of hydrogen-bond acceptors (Lipinski definition) is 1. The van der Waals surface area contributed by atoms with Crippen molar-refractivity contribution in [2.24, 2.45) is 11.1 Å². The van der Waals surface area contributed by atoms with Crippen molar-refractivity contribution < 1.29 is 4.79 Å². The van der Waals surface area contributed by atoms with E-state index in [0.29, 0.717) is 0 Å². The molecule has 0 aliphatic carbocycles. The first kappa shape index (κ1) is 13.2. The maximum absolute atomic E-state index is 11.3. The van der Waals surface area contributed by atoms with E-state index in [9.17, 15) is 4.79 Å². The van der Waals surface area contributed by atoms with Crippen LogP contribution in [0.15, 0.2) is 11.1 Å². The van der Waals surface area contributed by atoms with Crippen molar-refractivity contribution >= 4 is 5.91 Å². The zero-order valence-corrected chi connectivity index (χ0v) is 10.1. The summed E-state index contributed by atoms with van der Waals surface area (Å²) in [7, 11) is 0. The molecule has 0 saturated carbocycles. The van der Waals surface area contributed by atoms with Crippen molar-refractivity contribution in [3.8, 4) is 0 Å². The van der Waals surface area contributed by atoms with Gasteiger partial charge in [0.1, 0.15) is 0 Å². The van der Waals surface area contributed by atoms with Crippen LogP contribution in [0.2, 0.25) is 0 Å². The summed E-state index contributed by atoms with van der Waals surface area (Å²) in [6.45, 7) is 10.3. The number of hydrogen-bond donors (Lipinski definition) is 1. The van der Waals surface area contributed by atoms with Gasteiger partial charge < -0.3 is 5.73 Å². The zero-order valence-electron chi connectivity index (χ0n) is 10.1. The molecule has 0 aromatic heterocycles. The van der Waals surface area contributed by atoms with E-state index in [1.807, 2.05) is 27.7 Å². The molecule has 2 nitrogen and oxygen atoms in total. The monoisotopic (exact) mass is 197 g/mol. The molecule has 0 radical (unpaired) electrons. The lowest BCUT2D eigenvalue weighted by atomic mass is 9.82. The fourth-order valence-corrected chi connectivity index (χ4v) is 1.79. The van der Waals surface area contributed by atoms with E-state index in [-0.39, 0.29) is 11.3 Å². The van der Waals surface area contributed by atoms with Gasteiger partial charge in [0.15, 0.2) is 0 Å². The third kappa shape index (κ3) is 3.95. The van der Waals surface area contributed by atoms with Gasteiger partial charge in [-0.1, -0.05) is 39.7 Å². The molecular formula is C12H23NO. The smallest absolute Gasteiger partial charge is 0.245 e. The van der Waals surface area contributed by atoms with Gasteiger partial charge in [-0.3, -0.25) is 4.79 Å². The predicted molar refractivity (Wildman–Crippen MR) is 60.9 cm³/mol. The number of rotatable bonds is 4. The van der Waals surface area contributed by atoms with E-state index in [1.165, 1.54) is 0 Å². The Balaban J connectivity index is 4.87. The lowest BCUT2D eigenvalue weighted by Crippen LogP contribution is -2.25. The minimum absolute atomic E-state index is 0.135. The Kier molecular flexibility index (Phi) is 4.89. The molecule has 2 N–H and O–H groups in total.